The molecule has 0 saturated carbocycles. The fourth-order valence-electron chi connectivity index (χ4n) is 1.42. The Kier molecular flexibility index (Phi) is 4.59. The third-order valence-electron chi connectivity index (χ3n) is 2.17. The zero-order chi connectivity index (χ0) is 16.4. The molecule has 0 spiro atoms. The summed E-state index contributed by atoms with van der Waals surface area (Å²) in [5.41, 5.74) is -1.25. The lowest BCUT2D eigenvalue weighted by atomic mass is 10.2. The topological polar surface area (TPSA) is 136 Å². The quantitative estimate of drug-likeness (QED) is 0.770. The molecule has 8 nitrogen and oxygen atoms in total. The number of carboxylic acids is 1. The van der Waals surface area contributed by atoms with Gasteiger partial charge < -0.3 is 9.84 Å². The van der Waals surface area contributed by atoms with E-state index < -0.39 is 32.6 Å². The van der Waals surface area contributed by atoms with Crippen molar-refractivity contribution >= 4 is 27.8 Å². The number of nitrogens with one attached hydrogen (secondary N) is 1. The predicted molar refractivity (Wildman–Crippen MR) is 74.6 cm³/mol. The van der Waals surface area contributed by atoms with Crippen LogP contribution in [0.25, 0.3) is 0 Å². The molecule has 0 atom stereocenters. The van der Waals surface area contributed by atoms with E-state index in [0.717, 1.165) is 18.2 Å². The van der Waals surface area contributed by atoms with Crippen LogP contribution in [0.4, 0.5) is 10.5 Å². The molecule has 1 amide bonds. The molecule has 0 radical (unpaired) electrons. The highest BCUT2D eigenvalue weighted by molar-refractivity contribution is 7.89. The Labute approximate surface area is 122 Å². The van der Waals surface area contributed by atoms with E-state index in [0.29, 0.717) is 0 Å². The summed E-state index contributed by atoms with van der Waals surface area (Å²) >= 11 is 0. The van der Waals surface area contributed by atoms with Crippen LogP contribution in [0.5, 0.6) is 0 Å². The van der Waals surface area contributed by atoms with E-state index in [1.807, 2.05) is 0 Å². The molecular weight excluding hydrogens is 300 g/mol. The molecule has 0 unspecified atom stereocenters. The lowest BCUT2D eigenvalue weighted by Gasteiger charge is -2.20. The SMILES string of the molecule is CC(C)(C)OC(=O)Nc1cc(C(=O)O)ccc1S(N)(=O)=O. The number of amides is 1. The highest BCUT2D eigenvalue weighted by Gasteiger charge is 2.21. The van der Waals surface area contributed by atoms with Crippen LogP contribution in [0.2, 0.25) is 0 Å². The Morgan fingerprint density at radius 2 is 1.86 bits per heavy atom. The number of rotatable bonds is 3. The molecule has 0 aliphatic heterocycles. The van der Waals surface area contributed by atoms with Crippen molar-refractivity contribution in [1.29, 1.82) is 0 Å². The van der Waals surface area contributed by atoms with Gasteiger partial charge in [0.25, 0.3) is 0 Å². The van der Waals surface area contributed by atoms with E-state index in [4.69, 9.17) is 15.0 Å². The molecule has 0 fully saturated rings. The molecule has 0 aliphatic carbocycles. The van der Waals surface area contributed by atoms with Crippen molar-refractivity contribution in [3.05, 3.63) is 23.8 Å². The fourth-order valence-corrected chi connectivity index (χ4v) is 2.10. The number of carboxylic acid groups (broad SMARTS) is 1. The summed E-state index contributed by atoms with van der Waals surface area (Å²) in [5.74, 6) is -1.27. The zero-order valence-corrected chi connectivity index (χ0v) is 12.5. The van der Waals surface area contributed by atoms with Gasteiger partial charge >= 0.3 is 12.1 Å². The smallest absolute Gasteiger partial charge is 0.412 e. The molecule has 0 heterocycles. The van der Waals surface area contributed by atoms with Crippen molar-refractivity contribution < 1.29 is 27.9 Å². The minimum atomic E-state index is -4.13. The van der Waals surface area contributed by atoms with Crippen LogP contribution in [0, 0.1) is 0 Å². The van der Waals surface area contributed by atoms with Crippen LogP contribution in [-0.4, -0.2) is 31.2 Å². The zero-order valence-electron chi connectivity index (χ0n) is 11.7. The van der Waals surface area contributed by atoms with E-state index in [1.165, 1.54) is 0 Å². The Balaban J connectivity index is 3.22. The summed E-state index contributed by atoms with van der Waals surface area (Å²) in [6.45, 7) is 4.88. The fraction of sp³-hybridized carbons (Fsp3) is 0.333. The van der Waals surface area contributed by atoms with Gasteiger partial charge in [0.2, 0.25) is 10.0 Å². The number of anilines is 1. The third kappa shape index (κ3) is 5.04. The Morgan fingerprint density at radius 3 is 2.29 bits per heavy atom. The highest BCUT2D eigenvalue weighted by Crippen LogP contribution is 2.23. The van der Waals surface area contributed by atoms with Crippen molar-refractivity contribution in [1.82, 2.24) is 0 Å². The van der Waals surface area contributed by atoms with Gasteiger partial charge in [0.05, 0.1) is 11.3 Å². The number of benzene rings is 1. The molecular formula is C12H16N2O6S. The Bertz CT molecular complexity index is 675. The van der Waals surface area contributed by atoms with Crippen LogP contribution < -0.4 is 10.5 Å². The minimum Gasteiger partial charge on any atom is -0.478 e. The normalized spacial score (nSPS) is 11.8. The van der Waals surface area contributed by atoms with Crippen molar-refractivity contribution in [2.75, 3.05) is 5.32 Å². The molecule has 0 saturated heterocycles. The molecule has 1 aromatic rings. The first-order chi connectivity index (χ1) is 9.40. The molecule has 21 heavy (non-hydrogen) atoms. The van der Waals surface area contributed by atoms with Gasteiger partial charge in [-0.25, -0.2) is 23.1 Å². The third-order valence-corrected chi connectivity index (χ3v) is 3.14. The second-order valence-corrected chi connectivity index (χ2v) is 6.72. The van der Waals surface area contributed by atoms with Crippen molar-refractivity contribution in [3.8, 4) is 0 Å². The Morgan fingerprint density at radius 1 is 1.29 bits per heavy atom. The maximum Gasteiger partial charge on any atom is 0.412 e. The summed E-state index contributed by atoms with van der Waals surface area (Å²) in [4.78, 5) is 22.2. The molecule has 1 rings (SSSR count). The first-order valence-electron chi connectivity index (χ1n) is 5.80. The maximum absolute atomic E-state index is 11.7. The number of carbonyl (C=O) groups is 2. The highest BCUT2D eigenvalue weighted by atomic mass is 32.2. The molecule has 1 aromatic carbocycles. The first kappa shape index (κ1) is 16.9. The molecule has 0 aromatic heterocycles. The molecule has 0 aliphatic rings. The number of aromatic carboxylic acids is 1. The summed E-state index contributed by atoms with van der Waals surface area (Å²) < 4.78 is 27.9. The van der Waals surface area contributed by atoms with Crippen molar-refractivity contribution in [2.45, 2.75) is 31.3 Å². The van der Waals surface area contributed by atoms with Crippen LogP contribution in [0.3, 0.4) is 0 Å². The van der Waals surface area contributed by atoms with Gasteiger partial charge in [-0.1, -0.05) is 0 Å². The lowest BCUT2D eigenvalue weighted by molar-refractivity contribution is 0.0632. The summed E-state index contributed by atoms with van der Waals surface area (Å²) in [7, 11) is -4.13. The molecule has 116 valence electrons. The number of primary sulfonamides is 1. The van der Waals surface area contributed by atoms with Crippen LogP contribution in [0.15, 0.2) is 23.1 Å². The van der Waals surface area contributed by atoms with Crippen LogP contribution in [-0.2, 0) is 14.8 Å². The van der Waals surface area contributed by atoms with Crippen molar-refractivity contribution in [2.24, 2.45) is 5.14 Å². The van der Waals surface area contributed by atoms with E-state index in [1.54, 1.807) is 20.8 Å². The van der Waals surface area contributed by atoms with E-state index in [2.05, 4.69) is 5.32 Å². The lowest BCUT2D eigenvalue weighted by Crippen LogP contribution is -2.28. The number of hydrogen-bond acceptors (Lipinski definition) is 5. The van der Waals surface area contributed by atoms with Gasteiger partial charge in [0.1, 0.15) is 10.5 Å². The minimum absolute atomic E-state index is 0.201. The number of sulfonamides is 1. The van der Waals surface area contributed by atoms with Crippen LogP contribution in [0.1, 0.15) is 31.1 Å². The Hall–Kier alpha value is -2.13. The average Bonchev–Trinajstić information content (AvgIpc) is 2.24. The first-order valence-corrected chi connectivity index (χ1v) is 7.35. The van der Waals surface area contributed by atoms with Gasteiger partial charge in [-0.3, -0.25) is 5.32 Å². The second-order valence-electron chi connectivity index (χ2n) is 5.19. The maximum atomic E-state index is 11.7. The van der Waals surface area contributed by atoms with Crippen molar-refractivity contribution in [3.63, 3.8) is 0 Å². The monoisotopic (exact) mass is 316 g/mol. The summed E-state index contributed by atoms with van der Waals surface area (Å²) in [6.07, 6.45) is -0.921. The van der Waals surface area contributed by atoms with Crippen LogP contribution >= 0.6 is 0 Å². The molecule has 4 N–H and O–H groups in total. The summed E-state index contributed by atoms with van der Waals surface area (Å²) in [5, 5.41) is 16.1. The van der Waals surface area contributed by atoms with Gasteiger partial charge in [-0.2, -0.15) is 0 Å². The number of nitrogens with two attached hydrogens (primary N) is 1. The largest absolute Gasteiger partial charge is 0.478 e. The van der Waals surface area contributed by atoms with E-state index in [9.17, 15) is 18.0 Å². The number of ether oxygens (including phenoxy) is 1. The number of hydrogen-bond donors (Lipinski definition) is 3. The standard InChI is InChI=1S/C12H16N2O6S/c1-12(2,3)20-11(17)14-8-6-7(10(15)16)4-5-9(8)21(13,18)19/h4-6H,1-3H3,(H,14,17)(H,15,16)(H2,13,18,19). The number of carbonyl (C=O) groups excluding carboxylic acids is 1. The predicted octanol–water partition coefficient (Wildman–Crippen LogP) is 1.38. The van der Waals surface area contributed by atoms with E-state index in [-0.39, 0.29) is 11.3 Å². The van der Waals surface area contributed by atoms with Gasteiger partial charge in [-0.15, -0.1) is 0 Å². The van der Waals surface area contributed by atoms with Gasteiger partial charge in [0, 0.05) is 0 Å². The summed E-state index contributed by atoms with van der Waals surface area (Å²) in [6, 6.07) is 3.07. The average molecular weight is 316 g/mol. The second kappa shape index (κ2) is 5.70. The van der Waals surface area contributed by atoms with Gasteiger partial charge in [-0.05, 0) is 39.0 Å². The van der Waals surface area contributed by atoms with Gasteiger partial charge in [0.15, 0.2) is 0 Å². The molecule has 9 heteroatoms. The molecule has 0 bridgehead atoms. The van der Waals surface area contributed by atoms with E-state index >= 15 is 0 Å².